The Balaban J connectivity index is 2.01. The molecular weight excluding hydrogens is 248 g/mol. The zero-order valence-electron chi connectivity index (χ0n) is 11.6. The second-order valence-corrected chi connectivity index (χ2v) is 4.62. The van der Waals surface area contributed by atoms with Gasteiger partial charge in [-0.1, -0.05) is 30.3 Å². The van der Waals surface area contributed by atoms with E-state index in [-0.39, 0.29) is 0 Å². The van der Waals surface area contributed by atoms with Gasteiger partial charge in [0.1, 0.15) is 11.6 Å². The molecule has 0 saturated carbocycles. The van der Waals surface area contributed by atoms with E-state index in [2.05, 4.69) is 21.7 Å². The monoisotopic (exact) mass is 264 g/mol. The van der Waals surface area contributed by atoms with Gasteiger partial charge in [-0.15, -0.1) is 0 Å². The van der Waals surface area contributed by atoms with Crippen LogP contribution in [0.15, 0.2) is 60.8 Å². The molecule has 0 unspecified atom stereocenters. The lowest BCUT2D eigenvalue weighted by Crippen LogP contribution is -1.95. The average Bonchev–Trinajstić information content (AvgIpc) is 2.90. The van der Waals surface area contributed by atoms with Gasteiger partial charge in [0.05, 0.1) is 19.0 Å². The van der Waals surface area contributed by atoms with Gasteiger partial charge in [-0.2, -0.15) is 0 Å². The van der Waals surface area contributed by atoms with Gasteiger partial charge in [0.2, 0.25) is 0 Å². The van der Waals surface area contributed by atoms with Crippen LogP contribution in [0.1, 0.15) is 0 Å². The molecule has 0 atom stereocenters. The molecule has 3 nitrogen and oxygen atoms in total. The van der Waals surface area contributed by atoms with E-state index in [1.807, 2.05) is 55.7 Å². The molecule has 2 aromatic carbocycles. The molecule has 0 aliphatic carbocycles. The molecule has 0 amide bonds. The van der Waals surface area contributed by atoms with Crippen LogP contribution in [0.4, 0.5) is 0 Å². The molecule has 1 aromatic heterocycles. The number of ether oxygens (including phenoxy) is 1. The number of methoxy groups -OCH3 is 1. The van der Waals surface area contributed by atoms with Crippen LogP contribution >= 0.6 is 0 Å². The number of nitrogens with zero attached hydrogens (tertiary/aromatic N) is 2. The molecular formula is C17H16N2O. The predicted octanol–water partition coefficient (Wildman–Crippen LogP) is 3.76. The summed E-state index contributed by atoms with van der Waals surface area (Å²) in [7, 11) is 3.71. The third-order valence-electron chi connectivity index (χ3n) is 3.41. The summed E-state index contributed by atoms with van der Waals surface area (Å²) in [5.74, 6) is 1.83. The van der Waals surface area contributed by atoms with Crippen molar-refractivity contribution >= 4 is 0 Å². The molecule has 3 heteroatoms. The van der Waals surface area contributed by atoms with Crippen molar-refractivity contribution in [1.82, 2.24) is 9.55 Å². The Hall–Kier alpha value is -2.55. The number of imidazole rings is 1. The molecule has 20 heavy (non-hydrogen) atoms. The Kier molecular flexibility index (Phi) is 3.25. The third-order valence-corrected chi connectivity index (χ3v) is 3.41. The Morgan fingerprint density at radius 1 is 0.900 bits per heavy atom. The quantitative estimate of drug-likeness (QED) is 0.720. The van der Waals surface area contributed by atoms with Crippen molar-refractivity contribution in [2.45, 2.75) is 0 Å². The van der Waals surface area contributed by atoms with Gasteiger partial charge in [-0.25, -0.2) is 4.98 Å². The lowest BCUT2D eigenvalue weighted by atomic mass is 10.1. The van der Waals surface area contributed by atoms with Crippen molar-refractivity contribution in [2.24, 2.45) is 7.05 Å². The molecule has 0 radical (unpaired) electrons. The summed E-state index contributed by atoms with van der Waals surface area (Å²) in [4.78, 5) is 4.54. The normalized spacial score (nSPS) is 10.5. The molecule has 0 fully saturated rings. The standard InChI is InChI=1S/C17H16N2O/c1-19-16(13-8-10-15(20-2)11-9-13)12-18-17(19)14-6-4-3-5-7-14/h3-12H,1-2H3. The summed E-state index contributed by atoms with van der Waals surface area (Å²) in [5.41, 5.74) is 3.34. The van der Waals surface area contributed by atoms with Crippen LogP contribution < -0.4 is 4.74 Å². The van der Waals surface area contributed by atoms with E-state index >= 15 is 0 Å². The third kappa shape index (κ3) is 2.18. The highest BCUT2D eigenvalue weighted by Gasteiger charge is 2.09. The predicted molar refractivity (Wildman–Crippen MR) is 80.6 cm³/mol. The molecule has 0 saturated heterocycles. The maximum atomic E-state index is 5.19. The first kappa shape index (κ1) is 12.5. The van der Waals surface area contributed by atoms with Crippen molar-refractivity contribution in [3.63, 3.8) is 0 Å². The highest BCUT2D eigenvalue weighted by molar-refractivity contribution is 5.66. The first-order chi connectivity index (χ1) is 9.79. The second-order valence-electron chi connectivity index (χ2n) is 4.62. The Morgan fingerprint density at radius 2 is 1.60 bits per heavy atom. The summed E-state index contributed by atoms with van der Waals surface area (Å²) in [6.45, 7) is 0. The van der Waals surface area contributed by atoms with Crippen LogP contribution in [0.3, 0.4) is 0 Å². The van der Waals surface area contributed by atoms with Crippen LogP contribution in [0.5, 0.6) is 5.75 Å². The molecule has 1 heterocycles. The highest BCUT2D eigenvalue weighted by atomic mass is 16.5. The topological polar surface area (TPSA) is 27.1 Å². The fourth-order valence-corrected chi connectivity index (χ4v) is 2.29. The average molecular weight is 264 g/mol. The summed E-state index contributed by atoms with van der Waals surface area (Å²) in [5, 5.41) is 0. The van der Waals surface area contributed by atoms with E-state index in [0.29, 0.717) is 0 Å². The van der Waals surface area contributed by atoms with E-state index in [0.717, 1.165) is 28.4 Å². The largest absolute Gasteiger partial charge is 0.497 e. The van der Waals surface area contributed by atoms with Crippen molar-refractivity contribution < 1.29 is 4.74 Å². The number of benzene rings is 2. The van der Waals surface area contributed by atoms with E-state index in [9.17, 15) is 0 Å². The van der Waals surface area contributed by atoms with E-state index in [1.54, 1.807) is 7.11 Å². The number of hydrogen-bond acceptors (Lipinski definition) is 2. The number of rotatable bonds is 3. The Morgan fingerprint density at radius 3 is 2.25 bits per heavy atom. The van der Waals surface area contributed by atoms with Gasteiger partial charge in [-0.3, -0.25) is 0 Å². The molecule has 0 aliphatic heterocycles. The smallest absolute Gasteiger partial charge is 0.140 e. The molecule has 0 bridgehead atoms. The van der Waals surface area contributed by atoms with Gasteiger partial charge < -0.3 is 9.30 Å². The van der Waals surface area contributed by atoms with Gasteiger partial charge in [-0.05, 0) is 24.3 Å². The SMILES string of the molecule is COc1ccc(-c2cnc(-c3ccccc3)n2C)cc1. The van der Waals surface area contributed by atoms with Crippen LogP contribution in [0, 0.1) is 0 Å². The summed E-state index contributed by atoms with van der Waals surface area (Å²) < 4.78 is 7.30. The fraction of sp³-hybridized carbons (Fsp3) is 0.118. The van der Waals surface area contributed by atoms with Gasteiger partial charge in [0, 0.05) is 18.2 Å². The van der Waals surface area contributed by atoms with Crippen LogP contribution in [-0.4, -0.2) is 16.7 Å². The van der Waals surface area contributed by atoms with Crippen molar-refractivity contribution in [1.29, 1.82) is 0 Å². The Bertz CT molecular complexity index is 700. The lowest BCUT2D eigenvalue weighted by Gasteiger charge is -2.07. The van der Waals surface area contributed by atoms with Crippen molar-refractivity contribution in [3.05, 3.63) is 60.8 Å². The minimum Gasteiger partial charge on any atom is -0.497 e. The minimum atomic E-state index is 0.860. The summed E-state index contributed by atoms with van der Waals surface area (Å²) in [6, 6.07) is 18.2. The molecule has 3 rings (SSSR count). The second kappa shape index (κ2) is 5.21. The van der Waals surface area contributed by atoms with Crippen LogP contribution in [-0.2, 0) is 7.05 Å². The first-order valence-corrected chi connectivity index (χ1v) is 6.51. The molecule has 3 aromatic rings. The maximum Gasteiger partial charge on any atom is 0.140 e. The zero-order chi connectivity index (χ0) is 13.9. The zero-order valence-corrected chi connectivity index (χ0v) is 11.6. The number of aromatic nitrogens is 2. The highest BCUT2D eigenvalue weighted by Crippen LogP contribution is 2.26. The van der Waals surface area contributed by atoms with Gasteiger partial charge in [0.25, 0.3) is 0 Å². The Labute approximate surface area is 118 Å². The van der Waals surface area contributed by atoms with Crippen LogP contribution in [0.2, 0.25) is 0 Å². The maximum absolute atomic E-state index is 5.19. The molecule has 100 valence electrons. The molecule has 0 N–H and O–H groups in total. The van der Waals surface area contributed by atoms with E-state index in [1.165, 1.54) is 0 Å². The summed E-state index contributed by atoms with van der Waals surface area (Å²) in [6.07, 6.45) is 1.91. The molecule has 0 spiro atoms. The van der Waals surface area contributed by atoms with Gasteiger partial charge in [0.15, 0.2) is 0 Å². The van der Waals surface area contributed by atoms with Crippen molar-refractivity contribution in [3.8, 4) is 28.4 Å². The fourth-order valence-electron chi connectivity index (χ4n) is 2.29. The van der Waals surface area contributed by atoms with E-state index in [4.69, 9.17) is 4.74 Å². The van der Waals surface area contributed by atoms with Crippen molar-refractivity contribution in [2.75, 3.05) is 7.11 Å². The van der Waals surface area contributed by atoms with Crippen LogP contribution in [0.25, 0.3) is 22.6 Å². The van der Waals surface area contributed by atoms with Gasteiger partial charge >= 0.3 is 0 Å². The number of hydrogen-bond donors (Lipinski definition) is 0. The summed E-state index contributed by atoms with van der Waals surface area (Å²) >= 11 is 0. The molecule has 0 aliphatic rings. The minimum absolute atomic E-state index is 0.860. The lowest BCUT2D eigenvalue weighted by molar-refractivity contribution is 0.415. The first-order valence-electron chi connectivity index (χ1n) is 6.51. The van der Waals surface area contributed by atoms with E-state index < -0.39 is 0 Å².